The van der Waals surface area contributed by atoms with Crippen LogP contribution >= 0.6 is 11.6 Å². The molecule has 0 bridgehead atoms. The summed E-state index contributed by atoms with van der Waals surface area (Å²) in [6.45, 7) is 8.85. The number of ether oxygens (including phenoxy) is 2. The number of amides is 2. The summed E-state index contributed by atoms with van der Waals surface area (Å²) in [4.78, 5) is 28.0. The first-order valence-corrected chi connectivity index (χ1v) is 11.5. The summed E-state index contributed by atoms with van der Waals surface area (Å²) in [5.74, 6) is 0. The smallest absolute Gasteiger partial charge is 0.410 e. The minimum atomic E-state index is -0.499. The number of hydrogen-bond acceptors (Lipinski definition) is 5. The zero-order valence-corrected chi connectivity index (χ0v) is 20.2. The van der Waals surface area contributed by atoms with Crippen LogP contribution < -0.4 is 10.2 Å². The number of nitrogens with one attached hydrogen (secondary N) is 1. The second-order valence-electron chi connectivity index (χ2n) is 8.98. The summed E-state index contributed by atoms with van der Waals surface area (Å²) in [5.41, 5.74) is 2.42. The van der Waals surface area contributed by atoms with Gasteiger partial charge in [-0.3, -0.25) is 0 Å². The number of hydrogen-bond donors (Lipinski definition) is 1. The van der Waals surface area contributed by atoms with Crippen molar-refractivity contribution in [2.24, 2.45) is 0 Å². The van der Waals surface area contributed by atoms with Crippen LogP contribution in [0.5, 0.6) is 0 Å². The second kappa shape index (κ2) is 11.3. The van der Waals surface area contributed by atoms with Gasteiger partial charge in [0.05, 0.1) is 10.7 Å². The van der Waals surface area contributed by atoms with E-state index < -0.39 is 11.7 Å². The quantitative estimate of drug-likeness (QED) is 0.648. The number of piperazine rings is 1. The van der Waals surface area contributed by atoms with Crippen LogP contribution in [0, 0.1) is 0 Å². The Labute approximate surface area is 200 Å². The molecule has 178 valence electrons. The van der Waals surface area contributed by atoms with E-state index in [2.05, 4.69) is 10.2 Å². The highest BCUT2D eigenvalue weighted by atomic mass is 35.5. The van der Waals surface area contributed by atoms with E-state index in [0.29, 0.717) is 44.2 Å². The summed E-state index contributed by atoms with van der Waals surface area (Å²) in [7, 11) is 0. The predicted octanol–water partition coefficient (Wildman–Crippen LogP) is 4.87. The highest BCUT2D eigenvalue weighted by molar-refractivity contribution is 6.33. The lowest BCUT2D eigenvalue weighted by atomic mass is 10.1. The Morgan fingerprint density at radius 1 is 1.00 bits per heavy atom. The highest BCUT2D eigenvalue weighted by Gasteiger charge is 2.26. The fourth-order valence-corrected chi connectivity index (χ4v) is 3.82. The molecule has 1 heterocycles. The molecular weight excluding hydrogens is 442 g/mol. The highest BCUT2D eigenvalue weighted by Crippen LogP contribution is 2.28. The van der Waals surface area contributed by atoms with Gasteiger partial charge in [0.15, 0.2) is 0 Å². The zero-order valence-electron chi connectivity index (χ0n) is 19.5. The van der Waals surface area contributed by atoms with Crippen LogP contribution in [0.15, 0.2) is 48.5 Å². The number of alkyl carbamates (subject to hydrolysis) is 1. The SMILES string of the molecule is CC(C)(C)OC(=O)N1CCN(c2ccc(CCNC(=O)OCc3ccccc3)cc2Cl)CC1. The first kappa shape index (κ1) is 24.7. The minimum Gasteiger partial charge on any atom is -0.445 e. The Hall–Kier alpha value is -2.93. The van der Waals surface area contributed by atoms with Crippen molar-refractivity contribution in [3.63, 3.8) is 0 Å². The Kier molecular flexibility index (Phi) is 8.44. The van der Waals surface area contributed by atoms with E-state index in [1.54, 1.807) is 4.90 Å². The van der Waals surface area contributed by atoms with Gasteiger partial charge in [-0.05, 0) is 50.5 Å². The molecular formula is C25H32ClN3O4. The molecule has 0 unspecified atom stereocenters. The first-order valence-electron chi connectivity index (χ1n) is 11.2. The maximum Gasteiger partial charge on any atom is 0.410 e. The number of anilines is 1. The summed E-state index contributed by atoms with van der Waals surface area (Å²) in [6, 6.07) is 15.5. The standard InChI is InChI=1S/C25H32ClN3O4/c1-25(2,3)33-24(31)29-15-13-28(14-16-29)22-10-9-19(17-21(22)26)11-12-27-23(30)32-18-20-7-5-4-6-8-20/h4-10,17H,11-16,18H2,1-3H3,(H,27,30). The molecule has 2 aromatic rings. The summed E-state index contributed by atoms with van der Waals surface area (Å²) in [6.07, 6.45) is -0.0739. The van der Waals surface area contributed by atoms with Crippen LogP contribution in [0.1, 0.15) is 31.9 Å². The molecule has 1 aliphatic rings. The molecule has 1 N–H and O–H groups in total. The van der Waals surface area contributed by atoms with Crippen molar-refractivity contribution in [2.45, 2.75) is 39.4 Å². The molecule has 33 heavy (non-hydrogen) atoms. The Bertz CT molecular complexity index is 938. The van der Waals surface area contributed by atoms with Crippen LogP contribution in [0.3, 0.4) is 0 Å². The molecule has 0 aliphatic carbocycles. The number of carbonyl (C=O) groups excluding carboxylic acids is 2. The average molecular weight is 474 g/mol. The van der Waals surface area contributed by atoms with Gasteiger partial charge in [0.2, 0.25) is 0 Å². The van der Waals surface area contributed by atoms with E-state index >= 15 is 0 Å². The van der Waals surface area contributed by atoms with Gasteiger partial charge in [-0.25, -0.2) is 9.59 Å². The molecule has 0 spiro atoms. The maximum atomic E-state index is 12.3. The third kappa shape index (κ3) is 7.86. The molecule has 1 saturated heterocycles. The van der Waals surface area contributed by atoms with E-state index in [4.69, 9.17) is 21.1 Å². The molecule has 1 fully saturated rings. The normalized spacial score (nSPS) is 14.1. The van der Waals surface area contributed by atoms with E-state index in [1.807, 2.05) is 69.3 Å². The van der Waals surface area contributed by atoms with Gasteiger partial charge in [0.25, 0.3) is 0 Å². The molecule has 0 radical (unpaired) electrons. The van der Waals surface area contributed by atoms with Crippen molar-refractivity contribution < 1.29 is 19.1 Å². The van der Waals surface area contributed by atoms with Gasteiger partial charge in [0, 0.05) is 32.7 Å². The van der Waals surface area contributed by atoms with Crippen molar-refractivity contribution in [1.82, 2.24) is 10.2 Å². The van der Waals surface area contributed by atoms with E-state index in [1.165, 1.54) is 0 Å². The maximum absolute atomic E-state index is 12.3. The van der Waals surface area contributed by atoms with Crippen molar-refractivity contribution in [1.29, 1.82) is 0 Å². The lowest BCUT2D eigenvalue weighted by Gasteiger charge is -2.37. The third-order valence-electron chi connectivity index (χ3n) is 5.18. The van der Waals surface area contributed by atoms with Crippen LogP contribution in [0.2, 0.25) is 5.02 Å². The van der Waals surface area contributed by atoms with Crippen LogP contribution in [-0.2, 0) is 22.5 Å². The molecule has 3 rings (SSSR count). The van der Waals surface area contributed by atoms with Gasteiger partial charge in [0.1, 0.15) is 12.2 Å². The van der Waals surface area contributed by atoms with Gasteiger partial charge in [-0.1, -0.05) is 48.0 Å². The van der Waals surface area contributed by atoms with Crippen molar-refractivity contribution in [2.75, 3.05) is 37.6 Å². The largest absolute Gasteiger partial charge is 0.445 e. The summed E-state index contributed by atoms with van der Waals surface area (Å²) in [5, 5.41) is 3.42. The van der Waals surface area contributed by atoms with Gasteiger partial charge < -0.3 is 24.6 Å². The van der Waals surface area contributed by atoms with Crippen molar-refractivity contribution >= 4 is 29.5 Å². The predicted molar refractivity (Wildman–Crippen MR) is 130 cm³/mol. The number of rotatable bonds is 6. The Balaban J connectivity index is 1.42. The molecule has 7 nitrogen and oxygen atoms in total. The number of nitrogens with zero attached hydrogens (tertiary/aromatic N) is 2. The van der Waals surface area contributed by atoms with E-state index in [0.717, 1.165) is 16.8 Å². The summed E-state index contributed by atoms with van der Waals surface area (Å²) < 4.78 is 10.7. The van der Waals surface area contributed by atoms with E-state index in [-0.39, 0.29) is 12.7 Å². The van der Waals surface area contributed by atoms with E-state index in [9.17, 15) is 9.59 Å². The Morgan fingerprint density at radius 2 is 1.70 bits per heavy atom. The molecule has 8 heteroatoms. The molecule has 2 aromatic carbocycles. The second-order valence-corrected chi connectivity index (χ2v) is 9.39. The van der Waals surface area contributed by atoms with Crippen molar-refractivity contribution in [3.8, 4) is 0 Å². The Morgan fingerprint density at radius 3 is 2.33 bits per heavy atom. The molecule has 1 aliphatic heterocycles. The van der Waals surface area contributed by atoms with Gasteiger partial charge in [-0.15, -0.1) is 0 Å². The average Bonchev–Trinajstić information content (AvgIpc) is 2.77. The topological polar surface area (TPSA) is 71.1 Å². The molecule has 0 aromatic heterocycles. The van der Waals surface area contributed by atoms with Crippen LogP contribution in [0.25, 0.3) is 0 Å². The molecule has 0 saturated carbocycles. The van der Waals surface area contributed by atoms with Gasteiger partial charge in [-0.2, -0.15) is 0 Å². The zero-order chi connectivity index (χ0) is 23.8. The van der Waals surface area contributed by atoms with Gasteiger partial charge >= 0.3 is 12.2 Å². The lowest BCUT2D eigenvalue weighted by Crippen LogP contribution is -2.50. The van der Waals surface area contributed by atoms with Crippen LogP contribution in [-0.4, -0.2) is 55.4 Å². The van der Waals surface area contributed by atoms with Crippen LogP contribution in [0.4, 0.5) is 15.3 Å². The fourth-order valence-electron chi connectivity index (χ4n) is 3.50. The van der Waals surface area contributed by atoms with Crippen molar-refractivity contribution in [3.05, 3.63) is 64.7 Å². The number of carbonyl (C=O) groups is 2. The first-order chi connectivity index (χ1) is 15.7. The molecule has 0 atom stereocenters. The lowest BCUT2D eigenvalue weighted by molar-refractivity contribution is 0.0240. The monoisotopic (exact) mass is 473 g/mol. The molecule has 2 amide bonds. The minimum absolute atomic E-state index is 0.244. The fraction of sp³-hybridized carbons (Fsp3) is 0.440. The third-order valence-corrected chi connectivity index (χ3v) is 5.48. The number of halogens is 1. The summed E-state index contributed by atoms with van der Waals surface area (Å²) >= 11 is 6.55. The number of benzene rings is 2.